The minimum absolute atomic E-state index is 0.0803. The zero-order valence-corrected chi connectivity index (χ0v) is 11.8. The summed E-state index contributed by atoms with van der Waals surface area (Å²) in [5, 5.41) is 19.8. The van der Waals surface area contributed by atoms with Crippen molar-refractivity contribution in [2.24, 2.45) is 11.3 Å². The second kappa shape index (κ2) is 4.67. The molecule has 0 unspecified atom stereocenters. The third kappa shape index (κ3) is 2.68. The van der Waals surface area contributed by atoms with E-state index < -0.39 is 11.6 Å². The number of carbonyl (C=O) groups is 1. The Bertz CT molecular complexity index is 459. The van der Waals surface area contributed by atoms with Crippen molar-refractivity contribution in [3.05, 3.63) is 23.7 Å². The number of carboxylic acid groups (broad SMARTS) is 1. The zero-order chi connectivity index (χ0) is 14.3. The molecule has 106 valence electrons. The van der Waals surface area contributed by atoms with Gasteiger partial charge in [0.1, 0.15) is 16.9 Å². The van der Waals surface area contributed by atoms with Gasteiger partial charge in [-0.1, -0.05) is 20.8 Å². The highest BCUT2D eigenvalue weighted by Gasteiger charge is 2.42. The molecule has 0 radical (unpaired) electrons. The van der Waals surface area contributed by atoms with Gasteiger partial charge in [-0.05, 0) is 43.1 Å². The SMILES string of the molecule is CC(C)(C)C1CCC(O)(c2occc2C(=O)O)CC1. The van der Waals surface area contributed by atoms with Gasteiger partial charge in [0.15, 0.2) is 0 Å². The van der Waals surface area contributed by atoms with Gasteiger partial charge in [0.05, 0.1) is 6.26 Å². The Morgan fingerprint density at radius 1 is 1.37 bits per heavy atom. The van der Waals surface area contributed by atoms with Gasteiger partial charge < -0.3 is 14.6 Å². The summed E-state index contributed by atoms with van der Waals surface area (Å²) in [6.45, 7) is 6.62. The van der Waals surface area contributed by atoms with Crippen LogP contribution in [0.15, 0.2) is 16.7 Å². The standard InChI is InChI=1S/C15H22O4/c1-14(2,3)10-4-7-15(18,8-5-10)12-11(13(16)17)6-9-19-12/h6,9-10,18H,4-5,7-8H2,1-3H3,(H,16,17). The lowest BCUT2D eigenvalue weighted by molar-refractivity contribution is -0.0462. The topological polar surface area (TPSA) is 70.7 Å². The number of carboxylic acids is 1. The molecule has 0 aliphatic heterocycles. The maximum atomic E-state index is 11.1. The molecule has 1 aliphatic rings. The molecule has 1 heterocycles. The van der Waals surface area contributed by atoms with E-state index in [9.17, 15) is 9.90 Å². The van der Waals surface area contributed by atoms with Crippen LogP contribution in [0.25, 0.3) is 0 Å². The molecule has 0 spiro atoms. The molecule has 0 bridgehead atoms. The van der Waals surface area contributed by atoms with Crippen LogP contribution in [0.1, 0.15) is 62.6 Å². The van der Waals surface area contributed by atoms with Gasteiger partial charge in [-0.15, -0.1) is 0 Å². The number of aliphatic hydroxyl groups is 1. The van der Waals surface area contributed by atoms with Crippen molar-refractivity contribution >= 4 is 5.97 Å². The van der Waals surface area contributed by atoms with Gasteiger partial charge in [-0.25, -0.2) is 4.79 Å². The first-order valence-corrected chi connectivity index (χ1v) is 6.78. The Kier molecular flexibility index (Phi) is 3.47. The summed E-state index contributed by atoms with van der Waals surface area (Å²) in [6, 6.07) is 1.41. The largest absolute Gasteiger partial charge is 0.478 e. The third-order valence-electron chi connectivity index (χ3n) is 4.36. The van der Waals surface area contributed by atoms with Gasteiger partial charge in [0, 0.05) is 0 Å². The van der Waals surface area contributed by atoms with Crippen LogP contribution >= 0.6 is 0 Å². The minimum atomic E-state index is -1.13. The normalized spacial score (nSPS) is 28.3. The van der Waals surface area contributed by atoms with E-state index in [1.807, 2.05) is 0 Å². The van der Waals surface area contributed by atoms with Crippen LogP contribution in [0.5, 0.6) is 0 Å². The van der Waals surface area contributed by atoms with E-state index in [1.54, 1.807) is 0 Å². The molecule has 1 aromatic rings. The van der Waals surface area contributed by atoms with Crippen LogP contribution in [0.3, 0.4) is 0 Å². The second-order valence-corrected chi connectivity index (χ2v) is 6.64. The number of hydrogen-bond acceptors (Lipinski definition) is 3. The highest BCUT2D eigenvalue weighted by atomic mass is 16.4. The molecule has 4 nitrogen and oxygen atoms in total. The van der Waals surface area contributed by atoms with E-state index in [-0.39, 0.29) is 16.7 Å². The second-order valence-electron chi connectivity index (χ2n) is 6.64. The molecule has 1 aliphatic carbocycles. The van der Waals surface area contributed by atoms with E-state index in [0.717, 1.165) is 12.8 Å². The Hall–Kier alpha value is -1.29. The quantitative estimate of drug-likeness (QED) is 0.860. The van der Waals surface area contributed by atoms with Gasteiger partial charge >= 0.3 is 5.97 Å². The maximum Gasteiger partial charge on any atom is 0.339 e. The van der Waals surface area contributed by atoms with E-state index in [4.69, 9.17) is 9.52 Å². The lowest BCUT2D eigenvalue weighted by atomic mass is 9.67. The number of furan rings is 1. The minimum Gasteiger partial charge on any atom is -0.478 e. The van der Waals surface area contributed by atoms with Crippen LogP contribution < -0.4 is 0 Å². The fourth-order valence-electron chi connectivity index (χ4n) is 3.03. The summed E-state index contributed by atoms with van der Waals surface area (Å²) in [5.74, 6) is -0.279. The average molecular weight is 266 g/mol. The molecule has 4 heteroatoms. The summed E-state index contributed by atoms with van der Waals surface area (Å²) >= 11 is 0. The van der Waals surface area contributed by atoms with E-state index in [2.05, 4.69) is 20.8 Å². The number of hydrogen-bond donors (Lipinski definition) is 2. The Morgan fingerprint density at radius 2 is 1.95 bits per heavy atom. The highest BCUT2D eigenvalue weighted by Crippen LogP contribution is 2.46. The first kappa shape index (κ1) is 14.1. The summed E-state index contributed by atoms with van der Waals surface area (Å²) in [7, 11) is 0. The predicted octanol–water partition coefficient (Wildman–Crippen LogP) is 3.40. The molecular weight excluding hydrogens is 244 g/mol. The van der Waals surface area contributed by atoms with Crippen molar-refractivity contribution in [1.29, 1.82) is 0 Å². The Labute approximate surface area is 113 Å². The van der Waals surface area contributed by atoms with E-state index in [0.29, 0.717) is 18.8 Å². The van der Waals surface area contributed by atoms with Crippen molar-refractivity contribution in [3.63, 3.8) is 0 Å². The molecule has 1 aromatic heterocycles. The van der Waals surface area contributed by atoms with Crippen molar-refractivity contribution in [1.82, 2.24) is 0 Å². The first-order valence-electron chi connectivity index (χ1n) is 6.78. The molecule has 0 atom stereocenters. The highest BCUT2D eigenvalue weighted by molar-refractivity contribution is 5.89. The van der Waals surface area contributed by atoms with Crippen LogP contribution in [0.2, 0.25) is 0 Å². The fourth-order valence-corrected chi connectivity index (χ4v) is 3.03. The Morgan fingerprint density at radius 3 is 2.42 bits per heavy atom. The molecule has 0 amide bonds. The molecule has 19 heavy (non-hydrogen) atoms. The van der Waals surface area contributed by atoms with E-state index in [1.165, 1.54) is 12.3 Å². The smallest absolute Gasteiger partial charge is 0.339 e. The molecule has 2 rings (SSSR count). The van der Waals surface area contributed by atoms with Gasteiger partial charge in [-0.2, -0.15) is 0 Å². The van der Waals surface area contributed by atoms with Crippen molar-refractivity contribution in [3.8, 4) is 0 Å². The predicted molar refractivity (Wildman–Crippen MR) is 71.0 cm³/mol. The number of rotatable bonds is 2. The molecule has 0 saturated heterocycles. The summed E-state index contributed by atoms with van der Waals surface area (Å²) in [5.41, 5.74) is -0.823. The van der Waals surface area contributed by atoms with Gasteiger partial charge in [-0.3, -0.25) is 0 Å². The van der Waals surface area contributed by atoms with Crippen LogP contribution in [-0.4, -0.2) is 16.2 Å². The molecule has 1 saturated carbocycles. The van der Waals surface area contributed by atoms with Crippen LogP contribution in [0, 0.1) is 11.3 Å². The van der Waals surface area contributed by atoms with Crippen LogP contribution in [-0.2, 0) is 5.60 Å². The fraction of sp³-hybridized carbons (Fsp3) is 0.667. The lowest BCUT2D eigenvalue weighted by Gasteiger charge is -2.40. The maximum absolute atomic E-state index is 11.1. The Balaban J connectivity index is 2.18. The average Bonchev–Trinajstić information content (AvgIpc) is 2.77. The number of aromatic carboxylic acids is 1. The third-order valence-corrected chi connectivity index (χ3v) is 4.36. The summed E-state index contributed by atoms with van der Waals surface area (Å²) in [4.78, 5) is 11.1. The molecular formula is C15H22O4. The molecule has 1 fully saturated rings. The van der Waals surface area contributed by atoms with Gasteiger partial charge in [0.25, 0.3) is 0 Å². The summed E-state index contributed by atoms with van der Waals surface area (Å²) in [6.07, 6.45) is 4.23. The monoisotopic (exact) mass is 266 g/mol. The van der Waals surface area contributed by atoms with Crippen LogP contribution in [0.4, 0.5) is 0 Å². The zero-order valence-electron chi connectivity index (χ0n) is 11.8. The van der Waals surface area contributed by atoms with Gasteiger partial charge in [0.2, 0.25) is 0 Å². The summed E-state index contributed by atoms with van der Waals surface area (Å²) < 4.78 is 5.26. The van der Waals surface area contributed by atoms with E-state index >= 15 is 0 Å². The van der Waals surface area contributed by atoms with Crippen molar-refractivity contribution in [2.75, 3.05) is 0 Å². The van der Waals surface area contributed by atoms with Crippen molar-refractivity contribution in [2.45, 2.75) is 52.1 Å². The molecule has 0 aromatic carbocycles. The lowest BCUT2D eigenvalue weighted by Crippen LogP contribution is -2.36. The first-order chi connectivity index (χ1) is 8.74. The van der Waals surface area contributed by atoms with Crippen molar-refractivity contribution < 1.29 is 19.4 Å². The molecule has 2 N–H and O–H groups in total.